The second kappa shape index (κ2) is 10.4. The van der Waals surface area contributed by atoms with Crippen molar-refractivity contribution in [3.63, 3.8) is 0 Å². The second-order valence-electron chi connectivity index (χ2n) is 10.2. The van der Waals surface area contributed by atoms with Crippen LogP contribution in [0.25, 0.3) is 0 Å². The lowest BCUT2D eigenvalue weighted by atomic mass is 9.66. The van der Waals surface area contributed by atoms with Gasteiger partial charge in [0.2, 0.25) is 11.8 Å². The number of carbonyl (C=O) groups is 3. The molecular weight excluding hydrogens is 452 g/mol. The van der Waals surface area contributed by atoms with Crippen LogP contribution in [0.15, 0.2) is 25.3 Å². The Labute approximate surface area is 208 Å². The van der Waals surface area contributed by atoms with Crippen LogP contribution in [0, 0.1) is 23.7 Å². The summed E-state index contributed by atoms with van der Waals surface area (Å²) in [6.07, 6.45) is 4.72. The summed E-state index contributed by atoms with van der Waals surface area (Å²) < 4.78 is 4.70. The number of carbonyl (C=O) groups excluding carboxylic acids is 3. The zero-order valence-electron chi connectivity index (χ0n) is 21.1. The highest BCUT2D eigenvalue weighted by molar-refractivity contribution is 8.02. The normalized spacial score (nSPS) is 33.6. The van der Waals surface area contributed by atoms with E-state index in [-0.39, 0.29) is 48.2 Å². The molecule has 3 rings (SSSR count). The van der Waals surface area contributed by atoms with E-state index < -0.39 is 34.6 Å². The molecule has 0 aromatic carbocycles. The van der Waals surface area contributed by atoms with Gasteiger partial charge in [0.25, 0.3) is 0 Å². The minimum Gasteiger partial charge on any atom is -0.461 e. The number of fused-ring (bicyclic) bond motifs is 1. The quantitative estimate of drug-likeness (QED) is 0.353. The van der Waals surface area contributed by atoms with Crippen LogP contribution in [0.5, 0.6) is 0 Å². The molecule has 1 spiro atoms. The van der Waals surface area contributed by atoms with Crippen LogP contribution in [0.4, 0.5) is 0 Å². The van der Waals surface area contributed by atoms with Crippen molar-refractivity contribution in [3.8, 4) is 0 Å². The Morgan fingerprint density at radius 2 is 2.00 bits per heavy atom. The van der Waals surface area contributed by atoms with Crippen LogP contribution in [0.3, 0.4) is 0 Å². The molecule has 3 unspecified atom stereocenters. The van der Waals surface area contributed by atoms with Gasteiger partial charge in [-0.25, -0.2) is 0 Å². The molecule has 0 radical (unpaired) electrons. The summed E-state index contributed by atoms with van der Waals surface area (Å²) in [5.74, 6) is -1.92. The van der Waals surface area contributed by atoms with Gasteiger partial charge in [0.05, 0.1) is 29.2 Å². The Bertz CT molecular complexity index is 832. The summed E-state index contributed by atoms with van der Waals surface area (Å²) in [6, 6.07) is -1.33. The average molecular weight is 493 g/mol. The van der Waals surface area contributed by atoms with Crippen LogP contribution < -0.4 is 0 Å². The van der Waals surface area contributed by atoms with Crippen LogP contribution in [-0.2, 0) is 19.1 Å². The monoisotopic (exact) mass is 492 g/mol. The van der Waals surface area contributed by atoms with Crippen molar-refractivity contribution >= 4 is 29.5 Å². The minimum absolute atomic E-state index is 0.00458. The van der Waals surface area contributed by atoms with Gasteiger partial charge in [0, 0.05) is 17.8 Å². The first-order valence-corrected chi connectivity index (χ1v) is 13.3. The number of nitrogens with zero attached hydrogens (tertiary/aromatic N) is 2. The van der Waals surface area contributed by atoms with Gasteiger partial charge in [-0.2, -0.15) is 0 Å². The van der Waals surface area contributed by atoms with Gasteiger partial charge in [-0.3, -0.25) is 14.4 Å². The molecule has 34 heavy (non-hydrogen) atoms. The molecule has 2 amide bonds. The number of aliphatic hydroxyl groups excluding tert-OH is 1. The molecule has 0 aromatic heterocycles. The zero-order chi connectivity index (χ0) is 25.4. The van der Waals surface area contributed by atoms with E-state index in [9.17, 15) is 19.5 Å². The molecule has 2 bridgehead atoms. The minimum atomic E-state index is -0.749. The third-order valence-electron chi connectivity index (χ3n) is 8.11. The molecule has 8 heteroatoms. The van der Waals surface area contributed by atoms with Gasteiger partial charge >= 0.3 is 5.97 Å². The number of rotatable bonds is 11. The fraction of sp³-hybridized carbons (Fsp3) is 0.731. The van der Waals surface area contributed by atoms with E-state index in [1.54, 1.807) is 27.6 Å². The molecule has 0 aliphatic carbocycles. The van der Waals surface area contributed by atoms with E-state index in [4.69, 9.17) is 4.74 Å². The van der Waals surface area contributed by atoms with Gasteiger partial charge in [0.15, 0.2) is 0 Å². The Hall–Kier alpha value is -1.80. The zero-order valence-corrected chi connectivity index (χ0v) is 21.9. The molecule has 3 fully saturated rings. The number of likely N-dealkylation sites (tertiary alicyclic amines) is 1. The summed E-state index contributed by atoms with van der Waals surface area (Å²) >= 11 is 1.62. The van der Waals surface area contributed by atoms with E-state index in [1.165, 1.54) is 6.08 Å². The summed E-state index contributed by atoms with van der Waals surface area (Å²) in [6.45, 7) is 17.7. The van der Waals surface area contributed by atoms with Crippen LogP contribution >= 0.6 is 11.8 Å². The lowest BCUT2D eigenvalue weighted by Gasteiger charge is -2.43. The highest BCUT2D eigenvalue weighted by Crippen LogP contribution is 2.69. The number of esters is 1. The van der Waals surface area contributed by atoms with E-state index in [0.29, 0.717) is 6.54 Å². The van der Waals surface area contributed by atoms with Crippen LogP contribution in [-0.4, -0.2) is 80.6 Å². The standard InChI is InChI=1S/C26H40N2O5S/c1-8-11-27(15(4)5)24(31)22-26-17(7)13-19(34-26)20(25(32)33-12-9-2)21(26)23(30)28(22)18(14-29)16(6)10-3/h8-9,15-22,29H,1-2,10-14H2,3-7H3/t16-,17?,18-,19+,20-,21-,22?,26?/m0/s1. The van der Waals surface area contributed by atoms with Crippen molar-refractivity contribution < 1.29 is 24.2 Å². The van der Waals surface area contributed by atoms with E-state index in [1.807, 2.05) is 27.7 Å². The molecule has 190 valence electrons. The third kappa shape index (κ3) is 4.00. The number of hydrogen-bond donors (Lipinski definition) is 1. The Balaban J connectivity index is 2.16. The summed E-state index contributed by atoms with van der Waals surface area (Å²) in [5.41, 5.74) is 0. The number of amides is 2. The second-order valence-corrected chi connectivity index (χ2v) is 11.8. The van der Waals surface area contributed by atoms with Gasteiger partial charge in [-0.15, -0.1) is 18.3 Å². The third-order valence-corrected chi connectivity index (χ3v) is 10.2. The van der Waals surface area contributed by atoms with Crippen molar-refractivity contribution in [2.24, 2.45) is 23.7 Å². The summed E-state index contributed by atoms with van der Waals surface area (Å²) in [4.78, 5) is 45.0. The predicted molar refractivity (Wildman–Crippen MR) is 134 cm³/mol. The molecular formula is C26H40N2O5S. The Kier molecular flexibility index (Phi) is 8.23. The largest absolute Gasteiger partial charge is 0.461 e. The number of thioether (sulfide) groups is 1. The fourth-order valence-electron chi connectivity index (χ4n) is 6.27. The SMILES string of the molecule is C=CCOC(=O)[C@@H]1[C@H]2C(=O)N([C@@H](CO)[C@@H](C)CC)C(C(=O)N(CC=C)C(C)C)C23S[C@@H]1CC3C. The molecule has 1 N–H and O–H groups in total. The van der Waals surface area contributed by atoms with Crippen molar-refractivity contribution in [1.29, 1.82) is 0 Å². The molecule has 3 saturated heterocycles. The van der Waals surface area contributed by atoms with Crippen LogP contribution in [0.1, 0.15) is 47.5 Å². The van der Waals surface area contributed by atoms with E-state index >= 15 is 0 Å². The Morgan fingerprint density at radius 1 is 1.32 bits per heavy atom. The van der Waals surface area contributed by atoms with Crippen molar-refractivity contribution in [2.75, 3.05) is 19.8 Å². The maximum Gasteiger partial charge on any atom is 0.311 e. The van der Waals surface area contributed by atoms with Gasteiger partial charge in [-0.1, -0.05) is 45.9 Å². The van der Waals surface area contributed by atoms with Gasteiger partial charge in [-0.05, 0) is 32.1 Å². The first-order chi connectivity index (χ1) is 16.1. The molecule has 0 saturated carbocycles. The maximum atomic E-state index is 14.2. The van der Waals surface area contributed by atoms with Crippen molar-refractivity contribution in [1.82, 2.24) is 9.80 Å². The van der Waals surface area contributed by atoms with E-state index in [0.717, 1.165) is 12.8 Å². The van der Waals surface area contributed by atoms with Crippen LogP contribution in [0.2, 0.25) is 0 Å². The fourth-order valence-corrected chi connectivity index (χ4v) is 8.66. The lowest BCUT2D eigenvalue weighted by molar-refractivity contribution is -0.154. The lowest BCUT2D eigenvalue weighted by Crippen LogP contribution is -2.61. The van der Waals surface area contributed by atoms with Gasteiger partial charge in [0.1, 0.15) is 12.6 Å². The maximum absolute atomic E-state index is 14.2. The Morgan fingerprint density at radius 3 is 2.53 bits per heavy atom. The first kappa shape index (κ1) is 26.8. The molecule has 3 heterocycles. The highest BCUT2D eigenvalue weighted by Gasteiger charge is 2.77. The number of ether oxygens (including phenoxy) is 1. The highest BCUT2D eigenvalue weighted by atomic mass is 32.2. The van der Waals surface area contributed by atoms with E-state index in [2.05, 4.69) is 20.1 Å². The molecule has 3 aliphatic heterocycles. The molecule has 0 aromatic rings. The van der Waals surface area contributed by atoms with Crippen molar-refractivity contribution in [2.45, 2.75) is 75.6 Å². The van der Waals surface area contributed by atoms with Gasteiger partial charge < -0.3 is 19.6 Å². The molecule has 8 atom stereocenters. The smallest absolute Gasteiger partial charge is 0.311 e. The van der Waals surface area contributed by atoms with Crippen molar-refractivity contribution in [3.05, 3.63) is 25.3 Å². The predicted octanol–water partition coefficient (Wildman–Crippen LogP) is 2.88. The summed E-state index contributed by atoms with van der Waals surface area (Å²) in [7, 11) is 0. The summed E-state index contributed by atoms with van der Waals surface area (Å²) in [5, 5.41) is 10.3. The topological polar surface area (TPSA) is 87.1 Å². The first-order valence-electron chi connectivity index (χ1n) is 12.4. The number of aliphatic hydroxyl groups is 1. The molecule has 3 aliphatic rings. The average Bonchev–Trinajstić information content (AvgIpc) is 3.39. The molecule has 7 nitrogen and oxygen atoms in total. The number of hydrogen-bond acceptors (Lipinski definition) is 6.